The van der Waals surface area contributed by atoms with Crippen LogP contribution in [0.1, 0.15) is 93.4 Å². The summed E-state index contributed by atoms with van der Waals surface area (Å²) in [5.41, 5.74) is 7.33. The molecule has 2 fully saturated rings. The molecule has 3 aliphatic carbocycles. The van der Waals surface area contributed by atoms with Gasteiger partial charge in [0.2, 0.25) is 0 Å². The molecule has 130 valence electrons. The molecule has 1 aromatic carbocycles. The Morgan fingerprint density at radius 3 is 2.25 bits per heavy atom. The Balaban J connectivity index is 1.51. The lowest BCUT2D eigenvalue weighted by Crippen LogP contribution is -2.36. The van der Waals surface area contributed by atoms with Crippen LogP contribution in [0.5, 0.6) is 5.75 Å². The Hall–Kier alpha value is -0.980. The van der Waals surface area contributed by atoms with Crippen molar-refractivity contribution in [2.75, 3.05) is 0 Å². The van der Waals surface area contributed by atoms with E-state index >= 15 is 0 Å². The summed E-state index contributed by atoms with van der Waals surface area (Å²) in [6, 6.07) is 2.58. The molecule has 1 heteroatoms. The largest absolute Gasteiger partial charge is 0.486 e. The van der Waals surface area contributed by atoms with Gasteiger partial charge in [0.25, 0.3) is 0 Å². The van der Waals surface area contributed by atoms with E-state index < -0.39 is 0 Å². The van der Waals surface area contributed by atoms with Crippen molar-refractivity contribution in [1.82, 2.24) is 0 Å². The third-order valence-corrected chi connectivity index (χ3v) is 7.65. The topological polar surface area (TPSA) is 9.23 Å². The van der Waals surface area contributed by atoms with E-state index in [1.807, 2.05) is 0 Å². The van der Waals surface area contributed by atoms with Gasteiger partial charge < -0.3 is 4.74 Å². The van der Waals surface area contributed by atoms with E-state index in [4.69, 9.17) is 4.74 Å². The van der Waals surface area contributed by atoms with Crippen LogP contribution < -0.4 is 4.74 Å². The molecule has 0 atom stereocenters. The van der Waals surface area contributed by atoms with Gasteiger partial charge in [-0.15, -0.1) is 0 Å². The molecule has 0 amide bonds. The van der Waals surface area contributed by atoms with Crippen molar-refractivity contribution in [3.8, 4) is 5.75 Å². The van der Waals surface area contributed by atoms with E-state index in [-0.39, 0.29) is 5.60 Å². The van der Waals surface area contributed by atoms with Crippen LogP contribution in [0, 0.1) is 5.41 Å². The molecule has 0 unspecified atom stereocenters. The number of ether oxygens (including phenoxy) is 1. The average molecular weight is 325 g/mol. The van der Waals surface area contributed by atoms with Gasteiger partial charge in [0.15, 0.2) is 0 Å². The van der Waals surface area contributed by atoms with Crippen molar-refractivity contribution in [3.05, 3.63) is 28.3 Å². The molecule has 0 N–H and O–H groups in total. The summed E-state index contributed by atoms with van der Waals surface area (Å²) in [5, 5.41) is 0. The Bertz CT molecular complexity index is 592. The van der Waals surface area contributed by atoms with Crippen LogP contribution in [0.2, 0.25) is 0 Å². The SMILES string of the molecule is CCc1c2c(cc3c1OC1(CCCCC1)C3)CC1(CCCCC1)C2. The zero-order chi connectivity index (χ0) is 16.2. The lowest BCUT2D eigenvalue weighted by atomic mass is 9.72. The molecule has 4 aliphatic rings. The minimum absolute atomic E-state index is 0.169. The third-order valence-electron chi connectivity index (χ3n) is 7.65. The van der Waals surface area contributed by atoms with Gasteiger partial charge in [-0.05, 0) is 85.5 Å². The fraction of sp³-hybridized carbons (Fsp3) is 0.739. The van der Waals surface area contributed by atoms with Gasteiger partial charge in [0, 0.05) is 6.42 Å². The van der Waals surface area contributed by atoms with Crippen molar-refractivity contribution in [3.63, 3.8) is 0 Å². The highest BCUT2D eigenvalue weighted by Gasteiger charge is 2.45. The summed E-state index contributed by atoms with van der Waals surface area (Å²) < 4.78 is 6.76. The Kier molecular flexibility index (Phi) is 3.51. The molecule has 2 saturated carbocycles. The lowest BCUT2D eigenvalue weighted by molar-refractivity contribution is 0.0520. The highest BCUT2D eigenvalue weighted by atomic mass is 16.5. The predicted molar refractivity (Wildman–Crippen MR) is 98.9 cm³/mol. The summed E-state index contributed by atoms with van der Waals surface area (Å²) >= 11 is 0. The molecule has 2 spiro atoms. The van der Waals surface area contributed by atoms with Crippen LogP contribution in [-0.2, 0) is 25.7 Å². The first-order chi connectivity index (χ1) is 11.7. The molecule has 0 radical (unpaired) electrons. The fourth-order valence-electron chi connectivity index (χ4n) is 6.47. The minimum Gasteiger partial charge on any atom is -0.486 e. The quantitative estimate of drug-likeness (QED) is 0.621. The van der Waals surface area contributed by atoms with Gasteiger partial charge in [0.05, 0.1) is 0 Å². The molecule has 0 bridgehead atoms. The molecule has 24 heavy (non-hydrogen) atoms. The average Bonchev–Trinajstić information content (AvgIpc) is 3.11. The van der Waals surface area contributed by atoms with E-state index in [1.165, 1.54) is 89.2 Å². The van der Waals surface area contributed by atoms with Crippen LogP contribution in [-0.4, -0.2) is 5.60 Å². The van der Waals surface area contributed by atoms with E-state index in [0.29, 0.717) is 5.41 Å². The van der Waals surface area contributed by atoms with Crippen molar-refractivity contribution in [1.29, 1.82) is 0 Å². The molecular formula is C23H32O. The Morgan fingerprint density at radius 1 is 0.833 bits per heavy atom. The second-order valence-corrected chi connectivity index (χ2v) is 9.27. The highest BCUT2D eigenvalue weighted by molar-refractivity contribution is 5.56. The summed E-state index contributed by atoms with van der Waals surface area (Å²) in [6.45, 7) is 2.34. The van der Waals surface area contributed by atoms with Crippen LogP contribution in [0.4, 0.5) is 0 Å². The zero-order valence-corrected chi connectivity index (χ0v) is 15.4. The summed E-state index contributed by atoms with van der Waals surface area (Å²) in [4.78, 5) is 0. The monoisotopic (exact) mass is 324 g/mol. The van der Waals surface area contributed by atoms with Crippen molar-refractivity contribution < 1.29 is 4.74 Å². The van der Waals surface area contributed by atoms with Crippen LogP contribution >= 0.6 is 0 Å². The zero-order valence-electron chi connectivity index (χ0n) is 15.4. The number of rotatable bonds is 1. The van der Waals surface area contributed by atoms with E-state index in [1.54, 1.807) is 22.3 Å². The third kappa shape index (κ3) is 2.26. The van der Waals surface area contributed by atoms with Gasteiger partial charge >= 0.3 is 0 Å². The highest BCUT2D eigenvalue weighted by Crippen LogP contribution is 2.53. The first kappa shape index (κ1) is 15.3. The first-order valence-corrected chi connectivity index (χ1v) is 10.6. The normalized spacial score (nSPS) is 26.4. The van der Waals surface area contributed by atoms with E-state index in [9.17, 15) is 0 Å². The predicted octanol–water partition coefficient (Wildman–Crippen LogP) is 5.94. The molecule has 0 aromatic heterocycles. The number of benzene rings is 1. The van der Waals surface area contributed by atoms with Crippen LogP contribution in [0.25, 0.3) is 0 Å². The summed E-state index contributed by atoms with van der Waals surface area (Å²) in [5.74, 6) is 1.33. The number of fused-ring (bicyclic) bond motifs is 2. The van der Waals surface area contributed by atoms with Gasteiger partial charge in [-0.1, -0.05) is 38.7 Å². The molecule has 1 nitrogen and oxygen atoms in total. The van der Waals surface area contributed by atoms with Crippen LogP contribution in [0.3, 0.4) is 0 Å². The second kappa shape index (κ2) is 5.51. The first-order valence-electron chi connectivity index (χ1n) is 10.6. The maximum absolute atomic E-state index is 6.76. The van der Waals surface area contributed by atoms with Crippen LogP contribution in [0.15, 0.2) is 6.07 Å². The van der Waals surface area contributed by atoms with Gasteiger partial charge in [-0.2, -0.15) is 0 Å². The Morgan fingerprint density at radius 2 is 1.54 bits per heavy atom. The van der Waals surface area contributed by atoms with Gasteiger partial charge in [0.1, 0.15) is 11.4 Å². The van der Waals surface area contributed by atoms with E-state index in [0.717, 1.165) is 6.42 Å². The van der Waals surface area contributed by atoms with Crippen molar-refractivity contribution in [2.24, 2.45) is 5.41 Å². The molecule has 0 saturated heterocycles. The molecule has 1 heterocycles. The number of hydrogen-bond acceptors (Lipinski definition) is 1. The Labute approximate surface area is 147 Å². The maximum atomic E-state index is 6.76. The molecular weight excluding hydrogens is 292 g/mol. The summed E-state index contributed by atoms with van der Waals surface area (Å²) in [7, 11) is 0. The maximum Gasteiger partial charge on any atom is 0.126 e. The van der Waals surface area contributed by atoms with Gasteiger partial charge in [-0.25, -0.2) is 0 Å². The minimum atomic E-state index is 0.169. The van der Waals surface area contributed by atoms with Crippen molar-refractivity contribution >= 4 is 0 Å². The molecule has 5 rings (SSSR count). The smallest absolute Gasteiger partial charge is 0.126 e. The second-order valence-electron chi connectivity index (χ2n) is 9.27. The fourth-order valence-corrected chi connectivity index (χ4v) is 6.47. The molecule has 1 aliphatic heterocycles. The standard InChI is InChI=1S/C23H32O/c1-2-19-20-16-22(9-5-3-6-10-22)14-17(20)13-18-15-23(24-21(18)19)11-7-4-8-12-23/h13H,2-12,14-16H2,1H3. The van der Waals surface area contributed by atoms with E-state index in [2.05, 4.69) is 13.0 Å². The summed E-state index contributed by atoms with van der Waals surface area (Å²) in [6.07, 6.45) is 19.0. The number of hydrogen-bond donors (Lipinski definition) is 0. The van der Waals surface area contributed by atoms with Crippen molar-refractivity contribution in [2.45, 2.75) is 102 Å². The molecule has 1 aromatic rings. The van der Waals surface area contributed by atoms with Gasteiger partial charge in [-0.3, -0.25) is 0 Å². The lowest BCUT2D eigenvalue weighted by Gasteiger charge is -2.34.